The van der Waals surface area contributed by atoms with Gasteiger partial charge in [-0.05, 0) is 184 Å². The zero-order valence-electron chi connectivity index (χ0n) is 64.6. The summed E-state index contributed by atoms with van der Waals surface area (Å²) in [5.74, 6) is -6.80. The van der Waals surface area contributed by atoms with Gasteiger partial charge in [0.25, 0.3) is 19.8 Å². The summed E-state index contributed by atoms with van der Waals surface area (Å²) in [7, 11) is -9.53. The molecule has 0 unspecified atom stereocenters. The molecule has 606 valence electrons. The number of alkyl halides is 9. The zero-order valence-corrected chi connectivity index (χ0v) is 78.2. The molecule has 0 aromatic heterocycles. The Morgan fingerprint density at radius 1 is 0.522 bits per heavy atom. The Balaban J connectivity index is 0.000000393. The first kappa shape index (κ1) is 105. The number of halogens is 9. The maximum Gasteiger partial charge on any atom is 1.00 e. The van der Waals surface area contributed by atoms with Crippen LogP contribution in [0.5, 0.6) is 17.2 Å². The molecule has 7 aromatic carbocycles. The van der Waals surface area contributed by atoms with E-state index in [9.17, 15) is 57.5 Å². The number of rotatable bonds is 18. The van der Waals surface area contributed by atoms with Crippen LogP contribution in [-0.4, -0.2) is 152 Å². The van der Waals surface area contributed by atoms with E-state index >= 15 is 0 Å². The van der Waals surface area contributed by atoms with Crippen LogP contribution in [0.3, 0.4) is 0 Å². The SMILES string of the molecule is C#Cc1ccc(OCC)cc1.CC(=O)O.CC(=O)O.CCOc1ccc(C#Cc2ccc3c(c2)CC2(C3)CN(CC3(C(=O)OC)CC3)C2)cc1.COC(=O)C1(CN2CC3(Cc4ccc(OS(=O)(=O)C(F)(F)C(F)(F)C(F)(F)C(F)(F)F)cc4C3)C2)CC1.O=P([O-])(O)O.[K+].[K+].[K+].[Pd].c1ccc(P(c2ccccc2)c2ccccc2)cc1. The smallest absolute Gasteiger partial charge is 0.756 e. The Morgan fingerprint density at radius 3 is 1.17 bits per heavy atom. The van der Waals surface area contributed by atoms with E-state index in [1.807, 2.05) is 67.3 Å². The molecule has 35 heteroatoms. The quantitative estimate of drug-likeness (QED) is 0.0240. The van der Waals surface area contributed by atoms with Gasteiger partial charge in [-0.15, -0.1) is 6.42 Å². The van der Waals surface area contributed by atoms with Crippen molar-refractivity contribution in [3.63, 3.8) is 0 Å². The Labute approximate surface area is 805 Å². The monoisotopic (exact) mass is 1830 g/mol. The standard InChI is InChI=1S/C27H29NO3.C21H20F9NO5S.C18H15P.C10H10O.2C2H4O2.3K.H3O4P.Pd/c1-3-31-24-10-7-20(8-11-24)4-5-21-6-9-22-15-26(16-23(22)14-21)17-28(18-26)19-27(12-13-27)25(29)30-2;1-35-15(32)17(4-5-17)11-31-9-16(10-31)7-12-2-3-14(6-13(12)8-16)36-37(33,34)21(29,30)19(24,25)18(22,23)20(26,27)28;1-4-10-16(11-5-1)19(17-12-6-2-7-13-17)18-14-8-3-9-15-18;1-3-9-5-7-10(8-6-9)11-4-2;2*1-2(3)4;;;;1-5(2,3)4;/h6-11,14H,3,12-13,15-19H2,1-2H3;2-3,6H,4-5,7-11H2,1H3;1-15H;1,5-8H,4H2,2H3;2*1H3,(H,3,4);;;;(H3,1,2,3,4);/q;;;;;;3*+1;;/p-1. The largest absolute Gasteiger partial charge is 1.00 e. The van der Waals surface area contributed by atoms with E-state index in [1.165, 1.54) is 47.3 Å². The van der Waals surface area contributed by atoms with Crippen molar-refractivity contribution < 1.29 is 294 Å². The van der Waals surface area contributed by atoms with Gasteiger partial charge in [0.1, 0.15) is 17.2 Å². The molecule has 0 atom stereocenters. The van der Waals surface area contributed by atoms with Crippen LogP contribution < -0.4 is 189 Å². The number of terminal acetylenes is 1. The van der Waals surface area contributed by atoms with Crippen molar-refractivity contribution >= 4 is 65.7 Å². The van der Waals surface area contributed by atoms with Gasteiger partial charge in [0, 0.05) is 101 Å². The minimum Gasteiger partial charge on any atom is -0.756 e. The first-order valence-corrected chi connectivity index (χ1v) is 38.9. The second-order valence-electron chi connectivity index (χ2n) is 27.3. The van der Waals surface area contributed by atoms with Crippen molar-refractivity contribution in [2.24, 2.45) is 21.7 Å². The van der Waals surface area contributed by atoms with Gasteiger partial charge in [0.15, 0.2) is 0 Å². The average Bonchev–Trinajstić information content (AvgIpc) is 1.60. The third-order valence-electron chi connectivity index (χ3n) is 18.4. The van der Waals surface area contributed by atoms with Crippen molar-refractivity contribution in [3.05, 3.63) is 215 Å². The van der Waals surface area contributed by atoms with E-state index in [2.05, 4.69) is 136 Å². The summed E-state index contributed by atoms with van der Waals surface area (Å²) in [4.78, 5) is 69.4. The van der Waals surface area contributed by atoms with Crippen LogP contribution in [0.2, 0.25) is 0 Å². The van der Waals surface area contributed by atoms with Crippen LogP contribution in [-0.2, 0) is 89.4 Å². The molecule has 0 bridgehead atoms. The zero-order chi connectivity index (χ0) is 82.0. The van der Waals surface area contributed by atoms with E-state index in [0.29, 0.717) is 75.1 Å². The van der Waals surface area contributed by atoms with E-state index in [0.717, 1.165) is 99.5 Å². The summed E-state index contributed by atoms with van der Waals surface area (Å²) >= 11 is 0. The minimum absolute atomic E-state index is 0. The number of esters is 2. The maximum atomic E-state index is 13.9. The third kappa shape index (κ3) is 29.8. The van der Waals surface area contributed by atoms with Gasteiger partial charge >= 0.3 is 199 Å². The van der Waals surface area contributed by atoms with Crippen molar-refractivity contribution in [3.8, 4) is 41.4 Å². The van der Waals surface area contributed by atoms with Crippen molar-refractivity contribution in [1.29, 1.82) is 0 Å². The van der Waals surface area contributed by atoms with Gasteiger partial charge in [-0.3, -0.25) is 23.7 Å². The molecule has 7 aromatic rings. The van der Waals surface area contributed by atoms with Crippen molar-refractivity contribution in [1.82, 2.24) is 9.80 Å². The Hall–Kier alpha value is -3.71. The summed E-state index contributed by atoms with van der Waals surface area (Å²) in [5, 5.41) is 12.1. The van der Waals surface area contributed by atoms with Crippen molar-refractivity contribution in [2.45, 2.75) is 102 Å². The van der Waals surface area contributed by atoms with Crippen LogP contribution in [0.1, 0.15) is 92.3 Å². The number of benzene rings is 7. The van der Waals surface area contributed by atoms with E-state index in [1.54, 1.807) is 0 Å². The molecule has 2 spiro atoms. The number of carbonyl (C=O) groups excluding carboxylic acids is 2. The maximum absolute atomic E-state index is 13.9. The molecule has 115 heavy (non-hydrogen) atoms. The second kappa shape index (κ2) is 46.0. The molecule has 4 fully saturated rings. The fraction of sp³-hybridized carbons (Fsp3) is 0.375. The van der Waals surface area contributed by atoms with Crippen molar-refractivity contribution in [2.75, 3.05) is 66.7 Å². The summed E-state index contributed by atoms with van der Waals surface area (Å²) < 4.78 is 175. The van der Waals surface area contributed by atoms with E-state index in [-0.39, 0.29) is 197 Å². The van der Waals surface area contributed by atoms with Gasteiger partial charge in [-0.2, -0.15) is 47.9 Å². The molecular formula is C80H84F9K3N2O17P2PdS+2. The summed E-state index contributed by atoms with van der Waals surface area (Å²) in [6, 6.07) is 57.4. The second-order valence-corrected chi connectivity index (χ2v) is 32.1. The molecule has 13 rings (SSSR count). The first-order valence-electron chi connectivity index (χ1n) is 34.6. The molecule has 6 aliphatic rings. The number of carboxylic acids is 2. The van der Waals surface area contributed by atoms with Gasteiger partial charge in [0.05, 0.1) is 38.3 Å². The number of methoxy groups -OCH3 is 2. The third-order valence-corrected chi connectivity index (χ3v) is 22.1. The molecular weight excluding hydrogens is 1750 g/mol. The number of hydrogen-bond donors (Lipinski definition) is 4. The van der Waals surface area contributed by atoms with Crippen LogP contribution in [0.25, 0.3) is 0 Å². The van der Waals surface area contributed by atoms with Gasteiger partial charge in [-0.25, -0.2) is 0 Å². The topological polar surface area (TPSA) is 276 Å². The number of likely N-dealkylation sites (tertiary alicyclic amines) is 2. The molecule has 4 aliphatic carbocycles. The molecule has 2 saturated carbocycles. The van der Waals surface area contributed by atoms with Crippen LogP contribution >= 0.6 is 15.7 Å². The normalized spacial score (nSPS) is 15.7. The number of nitrogens with zero attached hydrogens (tertiary/aromatic N) is 2. The minimum atomic E-state index is -7.37. The Kier molecular flexibility index (Phi) is 42.2. The molecule has 2 saturated heterocycles. The number of carboxylic acid groups (broad SMARTS) is 2. The van der Waals surface area contributed by atoms with E-state index in [4.69, 9.17) is 64.4 Å². The molecule has 19 nitrogen and oxygen atoms in total. The predicted octanol–water partition coefficient (Wildman–Crippen LogP) is 3.16. The summed E-state index contributed by atoms with van der Waals surface area (Å²) in [5.41, 5.74) is 6.18. The number of carbonyl (C=O) groups is 4. The number of aliphatic carboxylic acids is 2. The van der Waals surface area contributed by atoms with Crippen LogP contribution in [0.4, 0.5) is 39.5 Å². The van der Waals surface area contributed by atoms with Gasteiger partial charge < -0.3 is 57.8 Å². The number of fused-ring (bicyclic) bond motifs is 2. The summed E-state index contributed by atoms with van der Waals surface area (Å²) in [6.45, 7) is 12.1. The Bertz CT molecular complexity index is 4510. The molecule has 2 aliphatic heterocycles. The van der Waals surface area contributed by atoms with Gasteiger partial charge in [-0.1, -0.05) is 121 Å². The molecule has 2 heterocycles. The number of ether oxygens (including phenoxy) is 4. The van der Waals surface area contributed by atoms with Crippen LogP contribution in [0, 0.1) is 45.8 Å². The van der Waals surface area contributed by atoms with E-state index < -0.39 is 72.2 Å². The number of hydrogen-bond acceptors (Lipinski definition) is 15. The first-order chi connectivity index (χ1) is 52.0. The fourth-order valence-corrected chi connectivity index (χ4v) is 16.5. The molecule has 0 amide bonds. The predicted molar refractivity (Wildman–Crippen MR) is 396 cm³/mol. The molecule has 0 radical (unpaired) electrons. The average molecular weight is 1830 g/mol. The molecule has 4 N–H and O–H groups in total. The Morgan fingerprint density at radius 2 is 0.835 bits per heavy atom. The number of phosphoric acid groups is 1. The fourth-order valence-electron chi connectivity index (χ4n) is 13.3. The summed E-state index contributed by atoms with van der Waals surface area (Å²) in [6.07, 6.45) is 4.39. The van der Waals surface area contributed by atoms with Crippen LogP contribution in [0.15, 0.2) is 176 Å². The van der Waals surface area contributed by atoms with Gasteiger partial charge in [0.2, 0.25) is 0 Å².